The highest BCUT2D eigenvalue weighted by atomic mass is 15.1. The van der Waals surface area contributed by atoms with Crippen molar-refractivity contribution in [1.29, 1.82) is 0 Å². The Kier molecular flexibility index (Phi) is 8.02. The average Bonchev–Trinajstić information content (AvgIpc) is 3.81. The second kappa shape index (κ2) is 13.0. The molecule has 0 saturated heterocycles. The van der Waals surface area contributed by atoms with Crippen LogP contribution >= 0.6 is 0 Å². The molecule has 0 aliphatic heterocycles. The number of benzene rings is 8. The number of anilines is 3. The third kappa shape index (κ3) is 5.46. The quantitative estimate of drug-likeness (QED) is 0.172. The molecule has 8 aromatic carbocycles. The van der Waals surface area contributed by atoms with Crippen LogP contribution < -0.4 is 4.90 Å². The lowest BCUT2D eigenvalue weighted by Gasteiger charge is -2.33. The Balaban J connectivity index is 1.15. The van der Waals surface area contributed by atoms with Gasteiger partial charge in [-0.05, 0) is 136 Å². The fourth-order valence-electron chi connectivity index (χ4n) is 11.0. The van der Waals surface area contributed by atoms with Gasteiger partial charge in [0.15, 0.2) is 0 Å². The van der Waals surface area contributed by atoms with Gasteiger partial charge < -0.3 is 4.90 Å². The zero-order valence-corrected chi connectivity index (χ0v) is 36.7. The van der Waals surface area contributed by atoms with Gasteiger partial charge in [0.05, 0.1) is 5.41 Å². The smallest absolute Gasteiger partial charge is 0.0725 e. The lowest BCUT2D eigenvalue weighted by molar-refractivity contribution is 0.586. The Hall–Kier alpha value is -6.44. The predicted octanol–water partition coefficient (Wildman–Crippen LogP) is 16.1. The Morgan fingerprint density at radius 3 is 1.39 bits per heavy atom. The fraction of sp³-hybridized carbons (Fsp3) is 0.200. The van der Waals surface area contributed by atoms with Gasteiger partial charge in [0.2, 0.25) is 0 Å². The first-order valence-electron chi connectivity index (χ1n) is 22.0. The summed E-state index contributed by atoms with van der Waals surface area (Å²) in [6.45, 7) is 18.8. The molecule has 11 rings (SSSR count). The fourth-order valence-corrected chi connectivity index (χ4v) is 11.0. The number of nitrogens with zero attached hydrogens (tertiary/aromatic N) is 1. The van der Waals surface area contributed by atoms with Crippen LogP contribution in [0.5, 0.6) is 0 Å². The van der Waals surface area contributed by atoms with Gasteiger partial charge in [-0.1, -0.05) is 195 Å². The lowest BCUT2D eigenvalue weighted by atomic mass is 9.69. The number of fused-ring (bicyclic) bond motifs is 13. The summed E-state index contributed by atoms with van der Waals surface area (Å²) in [7, 11) is 0. The molecule has 3 aliphatic carbocycles. The van der Waals surface area contributed by atoms with E-state index in [0.717, 1.165) is 17.1 Å². The SMILES string of the molecule is CC(C)(C)c1ccc2c(c1)C1(c3ccccc3-c3cc(N(c4ccc(-c5ccccc5)cc4)c4ccc5c(c4)C(C)(C)c4ccccc4-5)ccc31)c1cc(C(C)(C)C)ccc1-2. The minimum Gasteiger partial charge on any atom is -0.310 e. The highest BCUT2D eigenvalue weighted by Crippen LogP contribution is 2.64. The van der Waals surface area contributed by atoms with Crippen molar-refractivity contribution in [2.24, 2.45) is 0 Å². The normalized spacial score (nSPS) is 14.8. The van der Waals surface area contributed by atoms with Gasteiger partial charge in [-0.25, -0.2) is 0 Å². The largest absolute Gasteiger partial charge is 0.310 e. The third-order valence-corrected chi connectivity index (χ3v) is 14.2. The van der Waals surface area contributed by atoms with Gasteiger partial charge in [0.25, 0.3) is 0 Å². The highest BCUT2D eigenvalue weighted by molar-refractivity contribution is 5.97. The molecule has 8 aromatic rings. The summed E-state index contributed by atoms with van der Waals surface area (Å²) in [5, 5.41) is 0. The van der Waals surface area contributed by atoms with Crippen molar-refractivity contribution >= 4 is 17.1 Å². The molecule has 0 saturated carbocycles. The van der Waals surface area contributed by atoms with Crippen LogP contribution in [0.25, 0.3) is 44.5 Å². The molecule has 61 heavy (non-hydrogen) atoms. The van der Waals surface area contributed by atoms with Crippen LogP contribution in [0.4, 0.5) is 17.1 Å². The van der Waals surface area contributed by atoms with E-state index >= 15 is 0 Å². The van der Waals surface area contributed by atoms with E-state index in [0.29, 0.717) is 0 Å². The van der Waals surface area contributed by atoms with E-state index in [2.05, 4.69) is 236 Å². The maximum Gasteiger partial charge on any atom is 0.0725 e. The predicted molar refractivity (Wildman–Crippen MR) is 258 cm³/mol. The van der Waals surface area contributed by atoms with Crippen LogP contribution in [0.1, 0.15) is 99.9 Å². The van der Waals surface area contributed by atoms with E-state index in [1.807, 2.05) is 0 Å². The molecule has 1 spiro atoms. The first-order chi connectivity index (χ1) is 29.3. The van der Waals surface area contributed by atoms with E-state index < -0.39 is 5.41 Å². The molecule has 0 radical (unpaired) electrons. The molecule has 3 aliphatic rings. The van der Waals surface area contributed by atoms with Gasteiger partial charge in [0, 0.05) is 22.5 Å². The van der Waals surface area contributed by atoms with Crippen molar-refractivity contribution in [2.75, 3.05) is 4.90 Å². The Bertz CT molecular complexity index is 2990. The molecule has 0 fully saturated rings. The van der Waals surface area contributed by atoms with Crippen LogP contribution in [-0.2, 0) is 21.7 Å². The van der Waals surface area contributed by atoms with Crippen molar-refractivity contribution in [3.05, 3.63) is 220 Å². The topological polar surface area (TPSA) is 3.24 Å². The van der Waals surface area contributed by atoms with Gasteiger partial charge in [-0.15, -0.1) is 0 Å². The molecule has 0 N–H and O–H groups in total. The summed E-state index contributed by atoms with van der Waals surface area (Å²) in [6.07, 6.45) is 0. The lowest BCUT2D eigenvalue weighted by Crippen LogP contribution is -2.27. The molecule has 0 aromatic heterocycles. The Labute approximate surface area is 362 Å². The maximum atomic E-state index is 2.54. The Morgan fingerprint density at radius 2 is 0.770 bits per heavy atom. The highest BCUT2D eigenvalue weighted by Gasteiger charge is 2.52. The van der Waals surface area contributed by atoms with Crippen LogP contribution in [0.3, 0.4) is 0 Å². The maximum absolute atomic E-state index is 2.54. The summed E-state index contributed by atoms with van der Waals surface area (Å²) in [4.78, 5) is 2.48. The van der Waals surface area contributed by atoms with Crippen LogP contribution in [0.2, 0.25) is 0 Å². The molecule has 0 bridgehead atoms. The second-order valence-electron chi connectivity index (χ2n) is 20.2. The standard InChI is InChI=1S/C60H53N/c1-57(2,3)40-24-30-48-49-31-25-41(58(4,5)6)35-56(49)60(55(48)34-40)52-21-15-13-19-46(52)50-36-43(29-33-53(50)60)61(42-26-22-39(23-27-42)38-16-10-9-11-17-38)44-28-32-47-45-18-12-14-20-51(45)59(7,8)54(47)37-44/h9-37H,1-8H3. The van der Waals surface area contributed by atoms with E-state index in [4.69, 9.17) is 0 Å². The van der Waals surface area contributed by atoms with Crippen LogP contribution in [0, 0.1) is 0 Å². The zero-order valence-electron chi connectivity index (χ0n) is 36.7. The molecule has 0 amide bonds. The molecule has 298 valence electrons. The van der Waals surface area contributed by atoms with Crippen LogP contribution in [-0.4, -0.2) is 0 Å². The molecule has 0 unspecified atom stereocenters. The van der Waals surface area contributed by atoms with E-state index in [1.165, 1.54) is 89.0 Å². The van der Waals surface area contributed by atoms with Crippen molar-refractivity contribution in [3.8, 4) is 44.5 Å². The van der Waals surface area contributed by atoms with Gasteiger partial charge >= 0.3 is 0 Å². The van der Waals surface area contributed by atoms with E-state index in [9.17, 15) is 0 Å². The van der Waals surface area contributed by atoms with Gasteiger partial charge in [-0.3, -0.25) is 0 Å². The summed E-state index contributed by atoms with van der Waals surface area (Å²) in [5.74, 6) is 0. The summed E-state index contributed by atoms with van der Waals surface area (Å²) >= 11 is 0. The van der Waals surface area contributed by atoms with E-state index in [1.54, 1.807) is 0 Å². The summed E-state index contributed by atoms with van der Waals surface area (Å²) < 4.78 is 0. The third-order valence-electron chi connectivity index (χ3n) is 14.2. The van der Waals surface area contributed by atoms with Crippen molar-refractivity contribution in [3.63, 3.8) is 0 Å². The first-order valence-corrected chi connectivity index (χ1v) is 22.0. The minimum absolute atomic E-state index is 0.00866. The average molecular weight is 788 g/mol. The van der Waals surface area contributed by atoms with Gasteiger partial charge in [0.1, 0.15) is 0 Å². The molecular formula is C60H53N. The summed E-state index contributed by atoms with van der Waals surface area (Å²) in [6, 6.07) is 67.1. The zero-order chi connectivity index (χ0) is 42.1. The number of hydrogen-bond acceptors (Lipinski definition) is 1. The van der Waals surface area contributed by atoms with Crippen molar-refractivity contribution in [2.45, 2.75) is 77.0 Å². The van der Waals surface area contributed by atoms with Crippen molar-refractivity contribution < 1.29 is 0 Å². The molecule has 1 heteroatoms. The molecule has 1 nitrogen and oxygen atoms in total. The van der Waals surface area contributed by atoms with E-state index in [-0.39, 0.29) is 16.2 Å². The van der Waals surface area contributed by atoms with Crippen molar-refractivity contribution in [1.82, 2.24) is 0 Å². The minimum atomic E-state index is -0.441. The molecular weight excluding hydrogens is 735 g/mol. The van der Waals surface area contributed by atoms with Crippen LogP contribution in [0.15, 0.2) is 176 Å². The molecule has 0 heterocycles. The monoisotopic (exact) mass is 787 g/mol. The number of rotatable bonds is 4. The summed E-state index contributed by atoms with van der Waals surface area (Å²) in [5.41, 5.74) is 24.3. The van der Waals surface area contributed by atoms with Gasteiger partial charge in [-0.2, -0.15) is 0 Å². The first kappa shape index (κ1) is 37.6. The molecule has 0 atom stereocenters. The Morgan fingerprint density at radius 1 is 0.328 bits per heavy atom. The number of hydrogen-bond donors (Lipinski definition) is 0. The second-order valence-corrected chi connectivity index (χ2v) is 20.2.